The van der Waals surface area contributed by atoms with Crippen molar-refractivity contribution in [3.05, 3.63) is 29.3 Å². The Kier molecular flexibility index (Phi) is 11.0. The van der Waals surface area contributed by atoms with E-state index in [9.17, 15) is 9.90 Å². The SMILES string of the molecule is CCCCCCCCNc1c(CCCCCC)cccc1C(=O)O. The number of aromatic carboxylic acids is 1. The molecule has 0 saturated carbocycles. The highest BCUT2D eigenvalue weighted by atomic mass is 16.4. The van der Waals surface area contributed by atoms with E-state index >= 15 is 0 Å². The van der Waals surface area contributed by atoms with Gasteiger partial charge in [0, 0.05) is 6.54 Å². The number of carboxylic acids is 1. The topological polar surface area (TPSA) is 49.3 Å². The molecule has 0 spiro atoms. The average molecular weight is 334 g/mol. The Morgan fingerprint density at radius 2 is 1.54 bits per heavy atom. The van der Waals surface area contributed by atoms with E-state index in [2.05, 4.69) is 25.2 Å². The van der Waals surface area contributed by atoms with E-state index in [1.54, 1.807) is 6.07 Å². The third kappa shape index (κ3) is 7.85. The molecule has 0 atom stereocenters. The van der Waals surface area contributed by atoms with Gasteiger partial charge in [0.1, 0.15) is 0 Å². The van der Waals surface area contributed by atoms with Gasteiger partial charge in [0.15, 0.2) is 0 Å². The summed E-state index contributed by atoms with van der Waals surface area (Å²) in [7, 11) is 0. The van der Waals surface area contributed by atoms with Crippen LogP contribution in [0, 0.1) is 0 Å². The van der Waals surface area contributed by atoms with Crippen LogP contribution in [0.4, 0.5) is 5.69 Å². The number of hydrogen-bond acceptors (Lipinski definition) is 2. The largest absolute Gasteiger partial charge is 0.478 e. The maximum Gasteiger partial charge on any atom is 0.337 e. The lowest BCUT2D eigenvalue weighted by molar-refractivity contribution is 0.0698. The van der Waals surface area contributed by atoms with Crippen LogP contribution in [0.15, 0.2) is 18.2 Å². The number of carbonyl (C=O) groups is 1. The monoisotopic (exact) mass is 333 g/mol. The summed E-state index contributed by atoms with van der Waals surface area (Å²) in [6.45, 7) is 5.29. The smallest absolute Gasteiger partial charge is 0.337 e. The number of hydrogen-bond donors (Lipinski definition) is 2. The maximum absolute atomic E-state index is 11.5. The minimum absolute atomic E-state index is 0.411. The average Bonchev–Trinajstić information content (AvgIpc) is 2.58. The molecule has 0 saturated heterocycles. The first kappa shape index (κ1) is 20.5. The van der Waals surface area contributed by atoms with Gasteiger partial charge >= 0.3 is 5.97 Å². The van der Waals surface area contributed by atoms with Crippen molar-refractivity contribution in [2.75, 3.05) is 11.9 Å². The van der Waals surface area contributed by atoms with E-state index in [1.807, 2.05) is 6.07 Å². The van der Waals surface area contributed by atoms with Crippen LogP contribution in [0.5, 0.6) is 0 Å². The number of aryl methyl sites for hydroxylation is 1. The Morgan fingerprint density at radius 3 is 2.21 bits per heavy atom. The van der Waals surface area contributed by atoms with Crippen molar-refractivity contribution in [2.24, 2.45) is 0 Å². The van der Waals surface area contributed by atoms with Crippen LogP contribution in [-0.4, -0.2) is 17.6 Å². The molecule has 0 fully saturated rings. The summed E-state index contributed by atoms with van der Waals surface area (Å²) in [5.41, 5.74) is 2.40. The fourth-order valence-corrected chi connectivity index (χ4v) is 3.06. The Balaban J connectivity index is 2.55. The van der Waals surface area contributed by atoms with Gasteiger partial charge in [-0.3, -0.25) is 0 Å². The van der Waals surface area contributed by atoms with E-state index < -0.39 is 5.97 Å². The minimum atomic E-state index is -0.837. The Hall–Kier alpha value is -1.51. The fourth-order valence-electron chi connectivity index (χ4n) is 3.06. The molecule has 0 aromatic heterocycles. The molecule has 3 heteroatoms. The first-order chi connectivity index (χ1) is 11.7. The number of anilines is 1. The van der Waals surface area contributed by atoms with E-state index in [4.69, 9.17) is 0 Å². The highest BCUT2D eigenvalue weighted by Gasteiger charge is 2.13. The summed E-state index contributed by atoms with van der Waals surface area (Å²) >= 11 is 0. The van der Waals surface area contributed by atoms with Crippen LogP contribution in [0.1, 0.15) is 94.0 Å². The van der Waals surface area contributed by atoms with Crippen molar-refractivity contribution in [3.63, 3.8) is 0 Å². The van der Waals surface area contributed by atoms with E-state index in [0.717, 1.165) is 37.1 Å². The van der Waals surface area contributed by atoms with Gasteiger partial charge in [0.2, 0.25) is 0 Å². The number of para-hydroxylation sites is 1. The molecule has 2 N–H and O–H groups in total. The van der Waals surface area contributed by atoms with Gasteiger partial charge in [0.25, 0.3) is 0 Å². The lowest BCUT2D eigenvalue weighted by atomic mass is 10.0. The van der Waals surface area contributed by atoms with Crippen LogP contribution in [0.2, 0.25) is 0 Å². The molecule has 0 amide bonds. The van der Waals surface area contributed by atoms with Crippen LogP contribution in [-0.2, 0) is 6.42 Å². The van der Waals surface area contributed by atoms with Gasteiger partial charge in [-0.05, 0) is 30.9 Å². The quantitative estimate of drug-likeness (QED) is 0.394. The van der Waals surface area contributed by atoms with Crippen LogP contribution in [0.3, 0.4) is 0 Å². The highest BCUT2D eigenvalue weighted by molar-refractivity contribution is 5.95. The predicted octanol–water partition coefficient (Wildman–Crippen LogP) is 6.28. The molecule has 1 rings (SSSR count). The van der Waals surface area contributed by atoms with Gasteiger partial charge in [-0.1, -0.05) is 77.3 Å². The molecule has 1 aromatic rings. The molecule has 0 aliphatic rings. The number of nitrogens with one attached hydrogen (secondary N) is 1. The van der Waals surface area contributed by atoms with Crippen LogP contribution >= 0.6 is 0 Å². The summed E-state index contributed by atoms with van der Waals surface area (Å²) in [6.07, 6.45) is 13.3. The Bertz CT molecular complexity index is 471. The molecule has 0 heterocycles. The molecule has 3 nitrogen and oxygen atoms in total. The molecule has 1 aromatic carbocycles. The molecule has 0 aliphatic carbocycles. The van der Waals surface area contributed by atoms with Gasteiger partial charge < -0.3 is 10.4 Å². The summed E-state index contributed by atoms with van der Waals surface area (Å²) < 4.78 is 0. The lowest BCUT2D eigenvalue weighted by Crippen LogP contribution is -2.10. The van der Waals surface area contributed by atoms with Crippen molar-refractivity contribution in [2.45, 2.75) is 84.5 Å². The molecular formula is C21H35NO2. The Morgan fingerprint density at radius 1 is 0.917 bits per heavy atom. The maximum atomic E-state index is 11.5. The number of unbranched alkanes of at least 4 members (excludes halogenated alkanes) is 8. The molecular weight excluding hydrogens is 298 g/mol. The number of benzene rings is 1. The first-order valence-corrected chi connectivity index (χ1v) is 9.79. The van der Waals surface area contributed by atoms with Crippen molar-refractivity contribution in [1.29, 1.82) is 0 Å². The summed E-state index contributed by atoms with van der Waals surface area (Å²) in [5, 5.41) is 12.9. The Labute approximate surface area is 147 Å². The van der Waals surface area contributed by atoms with Crippen molar-refractivity contribution < 1.29 is 9.90 Å². The van der Waals surface area contributed by atoms with Gasteiger partial charge in [-0.2, -0.15) is 0 Å². The van der Waals surface area contributed by atoms with E-state index in [0.29, 0.717) is 5.56 Å². The van der Waals surface area contributed by atoms with Crippen molar-refractivity contribution in [3.8, 4) is 0 Å². The standard InChI is InChI=1S/C21H35NO2/c1-3-5-7-9-10-12-17-22-20-18(14-11-8-6-4-2)15-13-16-19(20)21(23)24/h13,15-16,22H,3-12,14,17H2,1-2H3,(H,23,24). The molecule has 0 unspecified atom stereocenters. The number of rotatable bonds is 14. The second kappa shape index (κ2) is 12.9. The van der Waals surface area contributed by atoms with Gasteiger partial charge in [-0.25, -0.2) is 4.79 Å². The van der Waals surface area contributed by atoms with Gasteiger partial charge in [0.05, 0.1) is 11.3 Å². The fraction of sp³-hybridized carbons (Fsp3) is 0.667. The first-order valence-electron chi connectivity index (χ1n) is 9.79. The molecule has 0 bridgehead atoms. The molecule has 24 heavy (non-hydrogen) atoms. The van der Waals surface area contributed by atoms with Crippen LogP contribution < -0.4 is 5.32 Å². The van der Waals surface area contributed by atoms with Crippen LogP contribution in [0.25, 0.3) is 0 Å². The van der Waals surface area contributed by atoms with Gasteiger partial charge in [-0.15, -0.1) is 0 Å². The zero-order valence-electron chi connectivity index (χ0n) is 15.6. The predicted molar refractivity (Wildman–Crippen MR) is 103 cm³/mol. The summed E-state index contributed by atoms with van der Waals surface area (Å²) in [4.78, 5) is 11.5. The summed E-state index contributed by atoms with van der Waals surface area (Å²) in [6, 6.07) is 5.65. The molecule has 0 radical (unpaired) electrons. The molecule has 0 aliphatic heterocycles. The second-order valence-corrected chi connectivity index (χ2v) is 6.65. The number of carboxylic acid groups (broad SMARTS) is 1. The lowest BCUT2D eigenvalue weighted by Gasteiger charge is -2.15. The van der Waals surface area contributed by atoms with E-state index in [-0.39, 0.29) is 0 Å². The van der Waals surface area contributed by atoms with Crippen molar-refractivity contribution >= 4 is 11.7 Å². The van der Waals surface area contributed by atoms with Crippen molar-refractivity contribution in [1.82, 2.24) is 0 Å². The highest BCUT2D eigenvalue weighted by Crippen LogP contribution is 2.24. The summed E-state index contributed by atoms with van der Waals surface area (Å²) in [5.74, 6) is -0.837. The third-order valence-corrected chi connectivity index (χ3v) is 4.51. The second-order valence-electron chi connectivity index (χ2n) is 6.65. The molecule has 136 valence electrons. The zero-order chi connectivity index (χ0) is 17.6. The third-order valence-electron chi connectivity index (χ3n) is 4.51. The zero-order valence-corrected chi connectivity index (χ0v) is 15.6. The minimum Gasteiger partial charge on any atom is -0.478 e. The normalized spacial score (nSPS) is 10.8. The van der Waals surface area contributed by atoms with E-state index in [1.165, 1.54) is 51.4 Å².